The van der Waals surface area contributed by atoms with Crippen LogP contribution in [0.15, 0.2) is 70.3 Å². The van der Waals surface area contributed by atoms with E-state index in [2.05, 4.69) is 0 Å². The molecule has 4 nitrogen and oxygen atoms in total. The average Bonchev–Trinajstić information content (AvgIpc) is 3.21. The molecule has 3 aromatic rings. The van der Waals surface area contributed by atoms with Crippen LogP contribution >= 0.6 is 23.7 Å². The number of nitrogens with two attached hydrogens (primary N) is 1. The summed E-state index contributed by atoms with van der Waals surface area (Å²) in [4.78, 5) is 19.5. The molecule has 2 heterocycles. The number of fused-ring (bicyclic) bond motifs is 1. The molecule has 0 radical (unpaired) electrons. The number of anilines is 1. The number of Topliss-reactive ketones (excluding diaryl/α,β-unsaturated/α-hetero) is 1. The summed E-state index contributed by atoms with van der Waals surface area (Å²) in [5, 5.41) is 3.67. The molecule has 0 saturated carbocycles. The van der Waals surface area contributed by atoms with Gasteiger partial charge in [0.15, 0.2) is 5.78 Å². The minimum absolute atomic E-state index is 0. The maximum atomic E-state index is 14.5. The molecule has 29 heavy (non-hydrogen) atoms. The van der Waals surface area contributed by atoms with Crippen molar-refractivity contribution in [1.82, 2.24) is 0 Å². The summed E-state index contributed by atoms with van der Waals surface area (Å²) in [6, 6.07) is 15.0. The molecule has 1 aliphatic rings. The first-order valence-corrected chi connectivity index (χ1v) is 9.96. The van der Waals surface area contributed by atoms with Gasteiger partial charge >= 0.3 is 0 Å². The Kier molecular flexibility index (Phi) is 6.47. The number of benzene rings is 2. The lowest BCUT2D eigenvalue weighted by molar-refractivity contribution is 0.0950. The van der Waals surface area contributed by atoms with E-state index in [1.807, 2.05) is 41.6 Å². The standard InChI is InChI=1S/C22H20FN3OS.ClH/c1-26-18-9-5-3-7-16(18)21(15-6-2-4-8-17(15)23)25-12-19(26)20(24)22(27)14-10-11-28-13-14;/h2-11,13,19-20H,12,24H2,1H3;1H. The monoisotopic (exact) mass is 429 g/mol. The van der Waals surface area contributed by atoms with Crippen molar-refractivity contribution in [1.29, 1.82) is 0 Å². The second kappa shape index (κ2) is 8.86. The molecule has 1 aliphatic heterocycles. The van der Waals surface area contributed by atoms with Gasteiger partial charge in [-0.05, 0) is 29.6 Å². The van der Waals surface area contributed by atoms with Crippen LogP contribution in [0.2, 0.25) is 0 Å². The highest BCUT2D eigenvalue weighted by molar-refractivity contribution is 7.08. The van der Waals surface area contributed by atoms with Gasteiger partial charge in [-0.3, -0.25) is 9.79 Å². The molecular weight excluding hydrogens is 409 g/mol. The molecule has 4 rings (SSSR count). The van der Waals surface area contributed by atoms with Crippen LogP contribution < -0.4 is 10.6 Å². The number of halogens is 2. The number of para-hydroxylation sites is 1. The van der Waals surface area contributed by atoms with Crippen LogP contribution in [0.3, 0.4) is 0 Å². The smallest absolute Gasteiger partial charge is 0.182 e. The minimum Gasteiger partial charge on any atom is -0.367 e. The second-order valence-electron chi connectivity index (χ2n) is 6.77. The fourth-order valence-electron chi connectivity index (χ4n) is 3.56. The maximum absolute atomic E-state index is 14.5. The number of benzodiazepines with no additional fused rings is 1. The van der Waals surface area contributed by atoms with E-state index in [0.29, 0.717) is 23.4 Å². The third kappa shape index (κ3) is 3.96. The van der Waals surface area contributed by atoms with Crippen molar-refractivity contribution in [2.45, 2.75) is 12.1 Å². The van der Waals surface area contributed by atoms with Crippen LogP contribution in [0.1, 0.15) is 21.5 Å². The highest BCUT2D eigenvalue weighted by Gasteiger charge is 2.33. The van der Waals surface area contributed by atoms with Gasteiger partial charge in [0.25, 0.3) is 0 Å². The molecule has 0 fully saturated rings. The SMILES string of the molecule is CN1c2ccccc2C(c2ccccc2F)=NCC1C(N)C(=O)c1ccsc1.Cl. The summed E-state index contributed by atoms with van der Waals surface area (Å²) < 4.78 is 14.5. The van der Waals surface area contributed by atoms with Crippen LogP contribution in [0.25, 0.3) is 0 Å². The molecule has 2 unspecified atom stereocenters. The van der Waals surface area contributed by atoms with Gasteiger partial charge < -0.3 is 10.6 Å². The van der Waals surface area contributed by atoms with Crippen LogP contribution in [0.4, 0.5) is 10.1 Å². The number of aliphatic imine (C=N–C) groups is 1. The Bertz CT molecular complexity index is 1040. The molecule has 7 heteroatoms. The highest BCUT2D eigenvalue weighted by atomic mass is 35.5. The van der Waals surface area contributed by atoms with E-state index in [1.54, 1.807) is 29.6 Å². The largest absolute Gasteiger partial charge is 0.367 e. The van der Waals surface area contributed by atoms with E-state index in [1.165, 1.54) is 17.4 Å². The summed E-state index contributed by atoms with van der Waals surface area (Å²) in [7, 11) is 1.91. The maximum Gasteiger partial charge on any atom is 0.182 e. The minimum atomic E-state index is -0.739. The molecule has 0 saturated heterocycles. The van der Waals surface area contributed by atoms with Crippen molar-refractivity contribution in [2.75, 3.05) is 18.5 Å². The first-order valence-electron chi connectivity index (χ1n) is 9.01. The van der Waals surface area contributed by atoms with Gasteiger partial charge in [-0.15, -0.1) is 12.4 Å². The van der Waals surface area contributed by atoms with Crippen LogP contribution in [0, 0.1) is 5.82 Å². The molecule has 150 valence electrons. The van der Waals surface area contributed by atoms with Gasteiger partial charge in [0.05, 0.1) is 24.3 Å². The number of hydrogen-bond acceptors (Lipinski definition) is 5. The molecule has 0 bridgehead atoms. The van der Waals surface area contributed by atoms with Crippen LogP contribution in [-0.2, 0) is 0 Å². The summed E-state index contributed by atoms with van der Waals surface area (Å²) in [6.07, 6.45) is 0. The summed E-state index contributed by atoms with van der Waals surface area (Å²) >= 11 is 1.47. The van der Waals surface area contributed by atoms with Gasteiger partial charge in [0, 0.05) is 34.8 Å². The van der Waals surface area contributed by atoms with Gasteiger partial charge in [0.2, 0.25) is 0 Å². The summed E-state index contributed by atoms with van der Waals surface area (Å²) in [5.41, 5.74) is 9.73. The van der Waals surface area contributed by atoms with E-state index in [-0.39, 0.29) is 30.0 Å². The number of rotatable bonds is 4. The molecule has 2 atom stereocenters. The van der Waals surface area contributed by atoms with E-state index in [4.69, 9.17) is 10.7 Å². The zero-order chi connectivity index (χ0) is 19.7. The first-order chi connectivity index (χ1) is 13.6. The third-order valence-electron chi connectivity index (χ3n) is 5.13. The quantitative estimate of drug-likeness (QED) is 0.633. The number of carbonyl (C=O) groups excluding carboxylic acids is 1. The van der Waals surface area contributed by atoms with Gasteiger partial charge in [-0.1, -0.05) is 30.3 Å². The van der Waals surface area contributed by atoms with Crippen molar-refractivity contribution < 1.29 is 9.18 Å². The molecule has 2 N–H and O–H groups in total. The average molecular weight is 430 g/mol. The molecule has 1 aromatic heterocycles. The molecule has 0 aliphatic carbocycles. The Hall–Kier alpha value is -2.54. The Morgan fingerprint density at radius 3 is 2.55 bits per heavy atom. The highest BCUT2D eigenvalue weighted by Crippen LogP contribution is 2.29. The van der Waals surface area contributed by atoms with E-state index in [9.17, 15) is 9.18 Å². The van der Waals surface area contributed by atoms with Gasteiger partial charge in [-0.2, -0.15) is 11.3 Å². The number of hydrogen-bond donors (Lipinski definition) is 1. The Balaban J connectivity index is 0.00000240. The number of likely N-dealkylation sites (N-methyl/N-ethyl adjacent to an activating group) is 1. The van der Waals surface area contributed by atoms with Crippen LogP contribution in [-0.4, -0.2) is 37.2 Å². The Morgan fingerprint density at radius 1 is 1.17 bits per heavy atom. The fraction of sp³-hybridized carbons (Fsp3) is 0.182. The van der Waals surface area contributed by atoms with Gasteiger partial charge in [-0.25, -0.2) is 4.39 Å². The third-order valence-corrected chi connectivity index (χ3v) is 5.81. The lowest BCUT2D eigenvalue weighted by atomic mass is 9.98. The van der Waals surface area contributed by atoms with E-state index < -0.39 is 6.04 Å². The number of carbonyl (C=O) groups is 1. The van der Waals surface area contributed by atoms with Crippen molar-refractivity contribution in [3.8, 4) is 0 Å². The normalized spacial score (nSPS) is 16.9. The van der Waals surface area contributed by atoms with Crippen LogP contribution in [0.5, 0.6) is 0 Å². The summed E-state index contributed by atoms with van der Waals surface area (Å²) in [6.45, 7) is 0.298. The molecular formula is C22H21ClFN3OS. The van der Waals surface area contributed by atoms with E-state index in [0.717, 1.165) is 11.3 Å². The second-order valence-corrected chi connectivity index (χ2v) is 7.55. The number of ketones is 1. The lowest BCUT2D eigenvalue weighted by Crippen LogP contribution is -2.52. The zero-order valence-electron chi connectivity index (χ0n) is 15.8. The van der Waals surface area contributed by atoms with Gasteiger partial charge in [0.1, 0.15) is 5.82 Å². The predicted molar refractivity (Wildman–Crippen MR) is 119 cm³/mol. The topological polar surface area (TPSA) is 58.7 Å². The molecule has 0 spiro atoms. The predicted octanol–water partition coefficient (Wildman–Crippen LogP) is 4.18. The number of nitrogens with zero attached hydrogens (tertiary/aromatic N) is 2. The Morgan fingerprint density at radius 2 is 1.86 bits per heavy atom. The Labute approximate surface area is 179 Å². The summed E-state index contributed by atoms with van der Waals surface area (Å²) in [5.74, 6) is -0.434. The molecule has 0 amide bonds. The lowest BCUT2D eigenvalue weighted by Gasteiger charge is -2.32. The number of thiophene rings is 1. The van der Waals surface area contributed by atoms with Crippen molar-refractivity contribution in [2.24, 2.45) is 10.7 Å². The molecule has 2 aromatic carbocycles. The van der Waals surface area contributed by atoms with Crippen molar-refractivity contribution in [3.63, 3.8) is 0 Å². The van der Waals surface area contributed by atoms with E-state index >= 15 is 0 Å². The zero-order valence-corrected chi connectivity index (χ0v) is 17.4. The first kappa shape index (κ1) is 21.2. The fourth-order valence-corrected chi connectivity index (χ4v) is 4.21. The van der Waals surface area contributed by atoms with Crippen molar-refractivity contribution in [3.05, 3.63) is 87.9 Å². The van der Waals surface area contributed by atoms with Crippen molar-refractivity contribution >= 4 is 40.9 Å².